The number of para-hydroxylation sites is 1. The van der Waals surface area contributed by atoms with E-state index in [0.717, 1.165) is 37.3 Å². The first kappa shape index (κ1) is 17.6. The molecule has 1 aliphatic rings. The van der Waals surface area contributed by atoms with Crippen LogP contribution in [0, 0.1) is 6.92 Å². The number of amides is 1. The molecule has 1 amide bonds. The number of benzene rings is 1. The molecule has 2 aromatic rings. The van der Waals surface area contributed by atoms with Crippen molar-refractivity contribution in [3.05, 3.63) is 47.8 Å². The summed E-state index contributed by atoms with van der Waals surface area (Å²) < 4.78 is 12.9. The van der Waals surface area contributed by atoms with E-state index in [1.807, 2.05) is 37.3 Å². The number of nitrogens with zero attached hydrogens (tertiary/aromatic N) is 2. The second-order valence-corrected chi connectivity index (χ2v) is 6.21. The lowest BCUT2D eigenvalue weighted by atomic mass is 10.2. The quantitative estimate of drug-likeness (QED) is 0.748. The van der Waals surface area contributed by atoms with Gasteiger partial charge < -0.3 is 14.8 Å². The Morgan fingerprint density at radius 2 is 2.24 bits per heavy atom. The van der Waals surface area contributed by atoms with Gasteiger partial charge in [0.1, 0.15) is 0 Å². The Balaban J connectivity index is 1.42. The molecule has 0 bridgehead atoms. The maximum Gasteiger partial charge on any atom is 0.254 e. The SMILES string of the molecule is Cc1c(C(=O)NCCCOCC2CCCO2)cnn1-c1ccccc1. The van der Waals surface area contributed by atoms with Crippen molar-refractivity contribution in [2.45, 2.75) is 32.3 Å². The van der Waals surface area contributed by atoms with Crippen LogP contribution in [0.3, 0.4) is 0 Å². The molecule has 1 N–H and O–H groups in total. The zero-order valence-corrected chi connectivity index (χ0v) is 14.6. The van der Waals surface area contributed by atoms with Gasteiger partial charge in [-0.3, -0.25) is 4.79 Å². The van der Waals surface area contributed by atoms with E-state index in [1.165, 1.54) is 0 Å². The van der Waals surface area contributed by atoms with Crippen LogP contribution in [0.2, 0.25) is 0 Å². The molecule has 6 nitrogen and oxygen atoms in total. The standard InChI is InChI=1S/C19H25N3O3/c1-15-18(13-21-22(15)16-7-3-2-4-8-16)19(23)20-10-6-11-24-14-17-9-5-12-25-17/h2-4,7-8,13,17H,5-6,9-12,14H2,1H3,(H,20,23). The number of nitrogens with one attached hydrogen (secondary N) is 1. The van der Waals surface area contributed by atoms with Crippen LogP contribution in [0.25, 0.3) is 5.69 Å². The third kappa shape index (κ3) is 4.67. The zero-order valence-electron chi connectivity index (χ0n) is 14.6. The van der Waals surface area contributed by atoms with Crippen molar-refractivity contribution in [1.29, 1.82) is 0 Å². The van der Waals surface area contributed by atoms with Gasteiger partial charge >= 0.3 is 0 Å². The van der Waals surface area contributed by atoms with Crippen LogP contribution in [0.15, 0.2) is 36.5 Å². The molecule has 1 aliphatic heterocycles. The van der Waals surface area contributed by atoms with E-state index in [4.69, 9.17) is 9.47 Å². The zero-order chi connectivity index (χ0) is 17.5. The largest absolute Gasteiger partial charge is 0.379 e. The number of rotatable bonds is 8. The highest BCUT2D eigenvalue weighted by Crippen LogP contribution is 2.14. The van der Waals surface area contributed by atoms with Gasteiger partial charge in [-0.25, -0.2) is 4.68 Å². The van der Waals surface area contributed by atoms with Crippen molar-refractivity contribution in [3.63, 3.8) is 0 Å². The third-order valence-corrected chi connectivity index (χ3v) is 4.33. The van der Waals surface area contributed by atoms with Gasteiger partial charge in [-0.1, -0.05) is 18.2 Å². The first-order valence-corrected chi connectivity index (χ1v) is 8.83. The van der Waals surface area contributed by atoms with Crippen molar-refractivity contribution in [2.24, 2.45) is 0 Å². The van der Waals surface area contributed by atoms with Crippen molar-refractivity contribution >= 4 is 5.91 Å². The average molecular weight is 343 g/mol. The van der Waals surface area contributed by atoms with Crippen LogP contribution < -0.4 is 5.32 Å². The fourth-order valence-electron chi connectivity index (χ4n) is 2.92. The van der Waals surface area contributed by atoms with Crippen LogP contribution in [0.5, 0.6) is 0 Å². The number of carbonyl (C=O) groups excluding carboxylic acids is 1. The molecule has 25 heavy (non-hydrogen) atoms. The van der Waals surface area contributed by atoms with Crippen molar-refractivity contribution < 1.29 is 14.3 Å². The van der Waals surface area contributed by atoms with E-state index in [0.29, 0.717) is 25.3 Å². The molecular formula is C19H25N3O3. The first-order valence-electron chi connectivity index (χ1n) is 8.83. The molecule has 0 radical (unpaired) electrons. The van der Waals surface area contributed by atoms with E-state index >= 15 is 0 Å². The van der Waals surface area contributed by atoms with Gasteiger partial charge in [0.15, 0.2) is 0 Å². The fourth-order valence-corrected chi connectivity index (χ4v) is 2.92. The number of aromatic nitrogens is 2. The maximum absolute atomic E-state index is 12.3. The molecule has 0 spiro atoms. The fraction of sp³-hybridized carbons (Fsp3) is 0.474. The van der Waals surface area contributed by atoms with Gasteiger partial charge in [-0.15, -0.1) is 0 Å². The summed E-state index contributed by atoms with van der Waals surface area (Å²) in [4.78, 5) is 12.3. The van der Waals surface area contributed by atoms with Gasteiger partial charge in [0, 0.05) is 19.8 Å². The second-order valence-electron chi connectivity index (χ2n) is 6.21. The smallest absolute Gasteiger partial charge is 0.254 e. The lowest BCUT2D eigenvalue weighted by Crippen LogP contribution is -2.26. The molecule has 2 heterocycles. The molecule has 134 valence electrons. The van der Waals surface area contributed by atoms with E-state index < -0.39 is 0 Å². The van der Waals surface area contributed by atoms with E-state index in [2.05, 4.69) is 10.4 Å². The number of ether oxygens (including phenoxy) is 2. The molecule has 1 atom stereocenters. The Morgan fingerprint density at radius 3 is 3.00 bits per heavy atom. The van der Waals surface area contributed by atoms with Crippen LogP contribution in [-0.4, -0.2) is 48.2 Å². The van der Waals surface area contributed by atoms with Gasteiger partial charge in [0.05, 0.1) is 35.9 Å². The highest BCUT2D eigenvalue weighted by atomic mass is 16.5. The predicted octanol–water partition coefficient (Wildman–Crippen LogP) is 2.50. The Morgan fingerprint density at radius 1 is 1.40 bits per heavy atom. The third-order valence-electron chi connectivity index (χ3n) is 4.33. The highest BCUT2D eigenvalue weighted by molar-refractivity contribution is 5.95. The summed E-state index contributed by atoms with van der Waals surface area (Å²) in [6.07, 6.45) is 4.86. The van der Waals surface area contributed by atoms with Gasteiger partial charge in [-0.05, 0) is 38.3 Å². The Labute approximate surface area is 148 Å². The number of hydrogen-bond donors (Lipinski definition) is 1. The molecule has 1 aromatic heterocycles. The molecule has 6 heteroatoms. The summed E-state index contributed by atoms with van der Waals surface area (Å²) in [6, 6.07) is 9.79. The van der Waals surface area contributed by atoms with E-state index in [1.54, 1.807) is 10.9 Å². The number of carbonyl (C=O) groups is 1. The van der Waals surface area contributed by atoms with Gasteiger partial charge in [0.2, 0.25) is 0 Å². The Hall–Kier alpha value is -2.18. The molecule has 3 rings (SSSR count). The average Bonchev–Trinajstić information content (AvgIpc) is 3.28. The minimum Gasteiger partial charge on any atom is -0.379 e. The first-order chi connectivity index (χ1) is 12.3. The second kappa shape index (κ2) is 8.78. The molecule has 0 aliphatic carbocycles. The van der Waals surface area contributed by atoms with Crippen LogP contribution in [-0.2, 0) is 9.47 Å². The summed E-state index contributed by atoms with van der Waals surface area (Å²) >= 11 is 0. The minimum absolute atomic E-state index is 0.0983. The summed E-state index contributed by atoms with van der Waals surface area (Å²) in [6.45, 7) is 4.61. The maximum atomic E-state index is 12.3. The molecule has 1 fully saturated rings. The molecule has 1 aromatic carbocycles. The van der Waals surface area contributed by atoms with Crippen molar-refractivity contribution in [1.82, 2.24) is 15.1 Å². The summed E-state index contributed by atoms with van der Waals surface area (Å²) in [7, 11) is 0. The highest BCUT2D eigenvalue weighted by Gasteiger charge is 2.16. The van der Waals surface area contributed by atoms with Crippen molar-refractivity contribution in [3.8, 4) is 5.69 Å². The topological polar surface area (TPSA) is 65.4 Å². The minimum atomic E-state index is -0.0983. The monoisotopic (exact) mass is 343 g/mol. The Bertz CT molecular complexity index is 678. The van der Waals surface area contributed by atoms with Crippen LogP contribution >= 0.6 is 0 Å². The van der Waals surface area contributed by atoms with Crippen molar-refractivity contribution in [2.75, 3.05) is 26.4 Å². The molecule has 1 unspecified atom stereocenters. The summed E-state index contributed by atoms with van der Waals surface area (Å²) in [5, 5.41) is 7.26. The van der Waals surface area contributed by atoms with Crippen LogP contribution in [0.1, 0.15) is 35.3 Å². The molecule has 0 saturated carbocycles. The lowest BCUT2D eigenvalue weighted by molar-refractivity contribution is 0.0166. The molecule has 1 saturated heterocycles. The molecular weight excluding hydrogens is 318 g/mol. The van der Waals surface area contributed by atoms with E-state index in [-0.39, 0.29) is 12.0 Å². The normalized spacial score (nSPS) is 16.9. The summed E-state index contributed by atoms with van der Waals surface area (Å²) in [5.74, 6) is -0.0983. The van der Waals surface area contributed by atoms with Gasteiger partial charge in [-0.2, -0.15) is 5.10 Å². The predicted molar refractivity (Wildman–Crippen MR) is 95.0 cm³/mol. The van der Waals surface area contributed by atoms with E-state index in [9.17, 15) is 4.79 Å². The Kier molecular flexibility index (Phi) is 6.19. The van der Waals surface area contributed by atoms with Crippen LogP contribution in [0.4, 0.5) is 0 Å². The summed E-state index contributed by atoms with van der Waals surface area (Å²) in [5.41, 5.74) is 2.38. The van der Waals surface area contributed by atoms with Gasteiger partial charge in [0.25, 0.3) is 5.91 Å². The lowest BCUT2D eigenvalue weighted by Gasteiger charge is -2.10. The number of hydrogen-bond acceptors (Lipinski definition) is 4.